The Balaban J connectivity index is -0.00000988. The van der Waals surface area contributed by atoms with E-state index in [-0.39, 0.29) is 113 Å². The van der Waals surface area contributed by atoms with Crippen LogP contribution in [-0.2, 0) is 62.8 Å². The zero-order valence-corrected chi connectivity index (χ0v) is 60.9. The van der Waals surface area contributed by atoms with Gasteiger partial charge in [-0.3, -0.25) is 17.3 Å². The number of esters is 1. The van der Waals surface area contributed by atoms with Gasteiger partial charge in [-0.05, 0) is 95.3 Å². The molecule has 0 radical (unpaired) electrons. The molecule has 0 aromatic heterocycles. The van der Waals surface area contributed by atoms with E-state index in [1.807, 2.05) is 24.3 Å². The fraction of sp³-hybridized carbons (Fsp3) is 0.915. The fourth-order valence-electron chi connectivity index (χ4n) is 9.55. The van der Waals surface area contributed by atoms with E-state index in [2.05, 4.69) is 34.6 Å². The van der Waals surface area contributed by atoms with Gasteiger partial charge in [-0.2, -0.15) is 0 Å². The van der Waals surface area contributed by atoms with E-state index < -0.39 is 49.5 Å². The topological polar surface area (TPSA) is 244 Å². The first-order valence-electron chi connectivity index (χ1n) is 30.9. The quantitative estimate of drug-likeness (QED) is 0.0166. The van der Waals surface area contributed by atoms with Crippen LogP contribution < -0.4 is 88.7 Å². The molecule has 0 bridgehead atoms. The van der Waals surface area contributed by atoms with Crippen molar-refractivity contribution >= 4 is 37.2 Å². The minimum absolute atomic E-state index is 0. The van der Waals surface area contributed by atoms with Crippen LogP contribution in [0.15, 0.2) is 24.3 Å². The standard InChI is InChI=1S/C59H114O16S3.3Na/c1-6-9-12-33-42-55(73-76(61,62)63)44-36-27-21-17-15-19-23-30-39-48-70-51-58(71-49-40-31-24-20-16-18-22-28-37-45-56(74-77(64,65)66)43-34-13-10-7-2)52-72-59(60)47-38-29-25-26-32-41-53(4)54(5)50-57(75-78(67,68)69)46-35-14-11-8-3;;;/h27-28,36-37,53-58H,6-26,29-35,38-52H2,1-5H3,(H,61,62,63)(H,64,65,66)(H,67,68,69);;;/q;3*+1/p-3/b36-27+,37-28+;;;. The summed E-state index contributed by atoms with van der Waals surface area (Å²) in [6.07, 6.45) is 41.2. The zero-order chi connectivity index (χ0) is 58.0. The van der Waals surface area contributed by atoms with Gasteiger partial charge in [0.05, 0.1) is 24.9 Å². The maximum atomic E-state index is 12.8. The Morgan fingerprint density at radius 2 is 0.778 bits per heavy atom. The van der Waals surface area contributed by atoms with E-state index in [9.17, 15) is 43.7 Å². The second kappa shape index (κ2) is 60.4. The number of hydrogen-bond acceptors (Lipinski definition) is 16. The smallest absolute Gasteiger partial charge is 0.726 e. The van der Waals surface area contributed by atoms with Crippen molar-refractivity contribution in [2.45, 2.75) is 309 Å². The third kappa shape index (κ3) is 65.7. The second-order valence-electron chi connectivity index (χ2n) is 21.9. The van der Waals surface area contributed by atoms with Crippen molar-refractivity contribution in [1.82, 2.24) is 0 Å². The van der Waals surface area contributed by atoms with Crippen molar-refractivity contribution in [3.8, 4) is 0 Å². The number of unbranched alkanes of at least 4 members (excludes halogenated alkanes) is 25. The third-order valence-electron chi connectivity index (χ3n) is 14.4. The normalized spacial score (nSPS) is 14.5. The van der Waals surface area contributed by atoms with E-state index in [0.29, 0.717) is 70.7 Å². The molecule has 464 valence electrons. The van der Waals surface area contributed by atoms with Crippen molar-refractivity contribution in [3.63, 3.8) is 0 Å². The molecule has 0 aliphatic rings. The van der Waals surface area contributed by atoms with Crippen LogP contribution in [0.2, 0.25) is 0 Å². The fourth-order valence-corrected chi connectivity index (χ4v) is 11.1. The molecular weight excluding hydrogens is 1130 g/mol. The Morgan fingerprint density at radius 1 is 0.407 bits per heavy atom. The summed E-state index contributed by atoms with van der Waals surface area (Å²) in [6, 6.07) is 0. The molecule has 0 saturated heterocycles. The Morgan fingerprint density at radius 3 is 1.23 bits per heavy atom. The van der Waals surface area contributed by atoms with Gasteiger partial charge in [0.1, 0.15) is 12.7 Å². The number of ether oxygens (including phenoxy) is 3. The molecule has 6 unspecified atom stereocenters. The molecular formula is C59H111Na3O16S3. The zero-order valence-electron chi connectivity index (χ0n) is 52.4. The maximum absolute atomic E-state index is 12.8. The first-order valence-corrected chi connectivity index (χ1v) is 34.9. The van der Waals surface area contributed by atoms with Crippen LogP contribution in [-0.4, -0.2) is 95.7 Å². The number of rotatable bonds is 59. The molecule has 0 N–H and O–H groups in total. The third-order valence-corrected chi connectivity index (χ3v) is 16.0. The molecule has 0 amide bonds. The van der Waals surface area contributed by atoms with Gasteiger partial charge in [0, 0.05) is 19.6 Å². The number of carbonyl (C=O) groups is 1. The molecule has 0 aliphatic carbocycles. The minimum atomic E-state index is -4.75. The van der Waals surface area contributed by atoms with Crippen LogP contribution in [0.3, 0.4) is 0 Å². The van der Waals surface area contributed by atoms with Crippen molar-refractivity contribution in [2.24, 2.45) is 11.8 Å². The molecule has 22 heteroatoms. The summed E-state index contributed by atoms with van der Waals surface area (Å²) in [5, 5.41) is 0. The van der Waals surface area contributed by atoms with Crippen molar-refractivity contribution in [3.05, 3.63) is 24.3 Å². The number of carbonyl (C=O) groups excluding carboxylic acids is 1. The van der Waals surface area contributed by atoms with Gasteiger partial charge in [-0.25, -0.2) is 25.3 Å². The van der Waals surface area contributed by atoms with Crippen molar-refractivity contribution < 1.29 is 159 Å². The Labute approximate surface area is 562 Å². The van der Waals surface area contributed by atoms with E-state index >= 15 is 0 Å². The number of hydrogen-bond donors (Lipinski definition) is 0. The molecule has 16 nitrogen and oxygen atoms in total. The first kappa shape index (κ1) is 88.9. The summed E-state index contributed by atoms with van der Waals surface area (Å²) in [4.78, 5) is 12.8. The summed E-state index contributed by atoms with van der Waals surface area (Å²) in [7, 11) is -14.2. The van der Waals surface area contributed by atoms with Gasteiger partial charge in [-0.1, -0.05) is 219 Å². The van der Waals surface area contributed by atoms with Crippen molar-refractivity contribution in [1.29, 1.82) is 0 Å². The Kier molecular flexibility index (Phi) is 66.3. The van der Waals surface area contributed by atoms with Gasteiger partial charge in [-0.15, -0.1) is 0 Å². The summed E-state index contributed by atoms with van der Waals surface area (Å²) < 4.78 is 134. The van der Waals surface area contributed by atoms with Crippen LogP contribution >= 0.6 is 0 Å². The van der Waals surface area contributed by atoms with E-state index in [0.717, 1.165) is 205 Å². The molecule has 0 aliphatic heterocycles. The molecule has 0 saturated carbocycles. The summed E-state index contributed by atoms with van der Waals surface area (Å²) in [5.74, 6) is 0.353. The summed E-state index contributed by atoms with van der Waals surface area (Å²) in [5.41, 5.74) is 0. The summed E-state index contributed by atoms with van der Waals surface area (Å²) >= 11 is 0. The molecule has 0 heterocycles. The van der Waals surface area contributed by atoms with Gasteiger partial charge in [0.2, 0.25) is 31.2 Å². The molecule has 0 spiro atoms. The predicted octanol–water partition coefficient (Wildman–Crippen LogP) is 6.14. The van der Waals surface area contributed by atoms with E-state index in [4.69, 9.17) is 26.8 Å². The van der Waals surface area contributed by atoms with Crippen LogP contribution in [0.1, 0.15) is 285 Å². The average molecular weight is 1240 g/mol. The van der Waals surface area contributed by atoms with E-state index in [1.165, 1.54) is 0 Å². The minimum Gasteiger partial charge on any atom is -0.726 e. The average Bonchev–Trinajstić information content (AvgIpc) is 3.36. The van der Waals surface area contributed by atoms with Crippen LogP contribution in [0.5, 0.6) is 0 Å². The molecule has 0 rings (SSSR count). The van der Waals surface area contributed by atoms with Gasteiger partial charge < -0.3 is 27.9 Å². The predicted molar refractivity (Wildman–Crippen MR) is 309 cm³/mol. The number of allylic oxidation sites excluding steroid dienone is 2. The Hall–Kier alpha value is 1.48. The molecule has 81 heavy (non-hydrogen) atoms. The van der Waals surface area contributed by atoms with Gasteiger partial charge in [0.15, 0.2) is 0 Å². The van der Waals surface area contributed by atoms with Crippen LogP contribution in [0.4, 0.5) is 0 Å². The monoisotopic (exact) mass is 1240 g/mol. The Bertz CT molecular complexity index is 1790. The molecule has 0 aromatic carbocycles. The maximum Gasteiger partial charge on any atom is 1.00 e. The van der Waals surface area contributed by atoms with Crippen LogP contribution in [0, 0.1) is 11.8 Å². The molecule has 0 aromatic rings. The molecule has 0 fully saturated rings. The van der Waals surface area contributed by atoms with Crippen molar-refractivity contribution in [2.75, 3.05) is 26.4 Å². The van der Waals surface area contributed by atoms with Gasteiger partial charge in [0.25, 0.3) is 0 Å². The van der Waals surface area contributed by atoms with Gasteiger partial charge >= 0.3 is 94.6 Å². The second-order valence-corrected chi connectivity index (χ2v) is 24.9. The molecule has 6 atom stereocenters. The first-order chi connectivity index (χ1) is 37.3. The summed E-state index contributed by atoms with van der Waals surface area (Å²) in [6.45, 7) is 12.2. The SMILES string of the molecule is CCCCCCC(C/C=C/CCCCCCCCOCC(COC(=O)CCCCCCCC(C)C(C)CC(CCCCCC)OS(=O)(=O)[O-])OCCCCCCCC/C=C/CC(CCCCCC)OS(=O)(=O)[O-])OS(=O)(=O)[O-].[Na+].[Na+].[Na+]. The van der Waals surface area contributed by atoms with E-state index in [1.54, 1.807) is 0 Å². The largest absolute Gasteiger partial charge is 1.00 e. The van der Waals surface area contributed by atoms with Crippen LogP contribution in [0.25, 0.3) is 0 Å².